The van der Waals surface area contributed by atoms with E-state index in [2.05, 4.69) is 63.3 Å². The number of benzene rings is 2. The summed E-state index contributed by atoms with van der Waals surface area (Å²) in [4.78, 5) is 2.47. The standard InChI is InChI=1S/C18H21BrN2/c1-13(20)16-6-7-18(17(19)12-16)21-10-8-14-4-2-3-5-15(14)9-11-21/h2-7,12-13H,8-11,20H2,1H3. The lowest BCUT2D eigenvalue weighted by molar-refractivity contribution is 0.796. The zero-order valence-corrected chi connectivity index (χ0v) is 13.9. The van der Waals surface area contributed by atoms with E-state index in [9.17, 15) is 0 Å². The second-order valence-electron chi connectivity index (χ2n) is 5.76. The van der Waals surface area contributed by atoms with Crippen molar-refractivity contribution >= 4 is 21.6 Å². The molecule has 0 aromatic heterocycles. The molecule has 2 N–H and O–H groups in total. The minimum atomic E-state index is 0.0729. The van der Waals surface area contributed by atoms with Crippen LogP contribution >= 0.6 is 15.9 Å². The summed E-state index contributed by atoms with van der Waals surface area (Å²) in [5, 5.41) is 0. The van der Waals surface area contributed by atoms with Gasteiger partial charge in [0.25, 0.3) is 0 Å². The van der Waals surface area contributed by atoms with Crippen LogP contribution in [0, 0.1) is 0 Å². The van der Waals surface area contributed by atoms with E-state index in [-0.39, 0.29) is 6.04 Å². The topological polar surface area (TPSA) is 29.3 Å². The van der Waals surface area contributed by atoms with Gasteiger partial charge in [0.1, 0.15) is 0 Å². The molecule has 1 aliphatic heterocycles. The van der Waals surface area contributed by atoms with Crippen molar-refractivity contribution in [3.05, 3.63) is 63.6 Å². The molecule has 2 aromatic rings. The van der Waals surface area contributed by atoms with Crippen LogP contribution in [0.25, 0.3) is 0 Å². The molecule has 1 heterocycles. The first-order valence-corrected chi connectivity index (χ1v) is 8.31. The summed E-state index contributed by atoms with van der Waals surface area (Å²) < 4.78 is 1.14. The number of hydrogen-bond donors (Lipinski definition) is 1. The van der Waals surface area contributed by atoms with Crippen molar-refractivity contribution in [1.29, 1.82) is 0 Å². The van der Waals surface area contributed by atoms with Gasteiger partial charge in [0.15, 0.2) is 0 Å². The van der Waals surface area contributed by atoms with Crippen LogP contribution in [0.4, 0.5) is 5.69 Å². The number of anilines is 1. The minimum absolute atomic E-state index is 0.0729. The molecule has 0 amide bonds. The Labute approximate surface area is 135 Å². The summed E-state index contributed by atoms with van der Waals surface area (Å²) >= 11 is 3.71. The van der Waals surface area contributed by atoms with Gasteiger partial charge >= 0.3 is 0 Å². The number of fused-ring (bicyclic) bond motifs is 1. The van der Waals surface area contributed by atoms with E-state index in [4.69, 9.17) is 5.73 Å². The van der Waals surface area contributed by atoms with Gasteiger partial charge in [-0.15, -0.1) is 0 Å². The predicted octanol–water partition coefficient (Wildman–Crippen LogP) is 4.07. The smallest absolute Gasteiger partial charge is 0.0511 e. The minimum Gasteiger partial charge on any atom is -0.370 e. The second-order valence-corrected chi connectivity index (χ2v) is 6.61. The molecule has 0 aliphatic carbocycles. The van der Waals surface area contributed by atoms with Crippen molar-refractivity contribution in [3.8, 4) is 0 Å². The predicted molar refractivity (Wildman–Crippen MR) is 92.8 cm³/mol. The Morgan fingerprint density at radius 3 is 2.19 bits per heavy atom. The van der Waals surface area contributed by atoms with Crippen molar-refractivity contribution in [3.63, 3.8) is 0 Å². The first kappa shape index (κ1) is 14.6. The SMILES string of the molecule is CC(N)c1ccc(N2CCc3ccccc3CC2)c(Br)c1. The molecule has 0 saturated heterocycles. The quantitative estimate of drug-likeness (QED) is 0.889. The lowest BCUT2D eigenvalue weighted by Gasteiger charge is -2.24. The highest BCUT2D eigenvalue weighted by Crippen LogP contribution is 2.30. The molecule has 2 nitrogen and oxygen atoms in total. The number of halogens is 1. The number of nitrogens with zero attached hydrogens (tertiary/aromatic N) is 1. The van der Waals surface area contributed by atoms with E-state index in [0.29, 0.717) is 0 Å². The molecule has 3 heteroatoms. The number of hydrogen-bond acceptors (Lipinski definition) is 2. The first-order valence-electron chi connectivity index (χ1n) is 7.52. The van der Waals surface area contributed by atoms with E-state index >= 15 is 0 Å². The van der Waals surface area contributed by atoms with Crippen LogP contribution in [-0.4, -0.2) is 13.1 Å². The fourth-order valence-corrected chi connectivity index (χ4v) is 3.62. The van der Waals surface area contributed by atoms with Crippen molar-refractivity contribution < 1.29 is 0 Å². The van der Waals surface area contributed by atoms with Crippen molar-refractivity contribution in [2.75, 3.05) is 18.0 Å². The van der Waals surface area contributed by atoms with Crippen LogP contribution < -0.4 is 10.6 Å². The number of nitrogens with two attached hydrogens (primary N) is 1. The van der Waals surface area contributed by atoms with Crippen LogP contribution in [0.15, 0.2) is 46.9 Å². The van der Waals surface area contributed by atoms with Gasteiger partial charge in [0, 0.05) is 23.6 Å². The van der Waals surface area contributed by atoms with Crippen molar-refractivity contribution in [2.45, 2.75) is 25.8 Å². The Hall–Kier alpha value is -1.32. The second kappa shape index (κ2) is 6.20. The number of rotatable bonds is 2. The highest BCUT2D eigenvalue weighted by Gasteiger charge is 2.16. The van der Waals surface area contributed by atoms with Crippen molar-refractivity contribution in [2.24, 2.45) is 5.73 Å². The first-order chi connectivity index (χ1) is 10.1. The Balaban J connectivity index is 1.83. The molecule has 1 unspecified atom stereocenters. The molecule has 0 spiro atoms. The van der Waals surface area contributed by atoms with Crippen LogP contribution in [0.1, 0.15) is 29.7 Å². The van der Waals surface area contributed by atoms with E-state index in [0.717, 1.165) is 30.4 Å². The lowest BCUT2D eigenvalue weighted by Crippen LogP contribution is -2.26. The molecule has 0 fully saturated rings. The van der Waals surface area contributed by atoms with Gasteiger partial charge in [-0.25, -0.2) is 0 Å². The molecule has 2 aromatic carbocycles. The maximum Gasteiger partial charge on any atom is 0.0511 e. The molecule has 1 aliphatic rings. The fourth-order valence-electron chi connectivity index (χ4n) is 2.97. The normalized spacial score (nSPS) is 16.2. The van der Waals surface area contributed by atoms with Gasteiger partial charge in [-0.3, -0.25) is 0 Å². The average molecular weight is 345 g/mol. The van der Waals surface area contributed by atoms with Gasteiger partial charge in [-0.05, 0) is 64.5 Å². The van der Waals surface area contributed by atoms with Crippen LogP contribution in [0.5, 0.6) is 0 Å². The summed E-state index contributed by atoms with van der Waals surface area (Å²) in [5.41, 5.74) is 11.4. The summed E-state index contributed by atoms with van der Waals surface area (Å²) in [6.45, 7) is 4.14. The van der Waals surface area contributed by atoms with Crippen LogP contribution in [-0.2, 0) is 12.8 Å². The monoisotopic (exact) mass is 344 g/mol. The van der Waals surface area contributed by atoms with Gasteiger partial charge in [0.05, 0.1) is 5.69 Å². The van der Waals surface area contributed by atoms with Crippen LogP contribution in [0.3, 0.4) is 0 Å². The largest absolute Gasteiger partial charge is 0.370 e. The summed E-state index contributed by atoms with van der Waals surface area (Å²) in [6.07, 6.45) is 2.22. The van der Waals surface area contributed by atoms with E-state index in [1.807, 2.05) is 6.92 Å². The Morgan fingerprint density at radius 1 is 1.05 bits per heavy atom. The maximum atomic E-state index is 5.96. The van der Waals surface area contributed by atoms with Gasteiger partial charge < -0.3 is 10.6 Å². The highest BCUT2D eigenvalue weighted by molar-refractivity contribution is 9.10. The Morgan fingerprint density at radius 2 is 1.67 bits per heavy atom. The average Bonchev–Trinajstić information content (AvgIpc) is 2.70. The van der Waals surface area contributed by atoms with Gasteiger partial charge in [-0.2, -0.15) is 0 Å². The molecule has 0 radical (unpaired) electrons. The van der Waals surface area contributed by atoms with Crippen molar-refractivity contribution in [1.82, 2.24) is 0 Å². The molecular formula is C18H21BrN2. The Bertz CT molecular complexity index is 610. The van der Waals surface area contributed by atoms with E-state index < -0.39 is 0 Å². The molecule has 0 saturated carbocycles. The molecule has 0 bridgehead atoms. The molecular weight excluding hydrogens is 324 g/mol. The van der Waals surface area contributed by atoms with Gasteiger partial charge in [0.2, 0.25) is 0 Å². The highest BCUT2D eigenvalue weighted by atomic mass is 79.9. The summed E-state index contributed by atoms with van der Waals surface area (Å²) in [6, 6.07) is 15.4. The maximum absolute atomic E-state index is 5.96. The van der Waals surface area contributed by atoms with E-state index in [1.165, 1.54) is 22.4 Å². The van der Waals surface area contributed by atoms with Gasteiger partial charge in [-0.1, -0.05) is 30.3 Å². The third kappa shape index (κ3) is 3.14. The third-order valence-electron chi connectivity index (χ3n) is 4.26. The van der Waals surface area contributed by atoms with Crippen LogP contribution in [0.2, 0.25) is 0 Å². The molecule has 1 atom stereocenters. The molecule has 110 valence electrons. The summed E-state index contributed by atoms with van der Waals surface area (Å²) in [5.74, 6) is 0. The fraction of sp³-hybridized carbons (Fsp3) is 0.333. The Kier molecular flexibility index (Phi) is 4.32. The zero-order chi connectivity index (χ0) is 14.8. The summed E-state index contributed by atoms with van der Waals surface area (Å²) in [7, 11) is 0. The third-order valence-corrected chi connectivity index (χ3v) is 4.89. The molecule has 21 heavy (non-hydrogen) atoms. The molecule has 3 rings (SSSR count). The lowest BCUT2D eigenvalue weighted by atomic mass is 10.0. The van der Waals surface area contributed by atoms with E-state index in [1.54, 1.807) is 0 Å². The zero-order valence-electron chi connectivity index (χ0n) is 12.3.